The summed E-state index contributed by atoms with van der Waals surface area (Å²) in [5.41, 5.74) is 0. The second kappa shape index (κ2) is 5.21. The summed E-state index contributed by atoms with van der Waals surface area (Å²) in [6.07, 6.45) is 1.44. The van der Waals surface area contributed by atoms with E-state index in [9.17, 15) is 9.90 Å². The molecule has 1 amide bonds. The number of carbonyl (C=O) groups excluding carboxylic acids is 1. The van der Waals surface area contributed by atoms with E-state index < -0.39 is 0 Å². The van der Waals surface area contributed by atoms with Crippen LogP contribution in [0.3, 0.4) is 0 Å². The molecule has 1 N–H and O–H groups in total. The molecule has 1 heterocycles. The Morgan fingerprint density at radius 1 is 1.53 bits per heavy atom. The Balaban J connectivity index is 2.33. The summed E-state index contributed by atoms with van der Waals surface area (Å²) in [6.45, 7) is 7.64. The van der Waals surface area contributed by atoms with Crippen molar-refractivity contribution in [2.24, 2.45) is 0 Å². The average molecular weight is 231 g/mol. The van der Waals surface area contributed by atoms with E-state index in [0.717, 1.165) is 19.4 Å². The van der Waals surface area contributed by atoms with Gasteiger partial charge < -0.3 is 10.0 Å². The second-order valence-corrected chi connectivity index (χ2v) is 6.84. The summed E-state index contributed by atoms with van der Waals surface area (Å²) < 4.78 is 0.129. The lowest BCUT2D eigenvalue weighted by Crippen LogP contribution is -2.43. The molecule has 0 aromatic rings. The summed E-state index contributed by atoms with van der Waals surface area (Å²) in [5, 5.41) is 9.46. The first-order chi connectivity index (χ1) is 6.88. The van der Waals surface area contributed by atoms with Crippen LogP contribution in [0.4, 0.5) is 0 Å². The van der Waals surface area contributed by atoms with Crippen LogP contribution in [0.15, 0.2) is 0 Å². The molecule has 3 nitrogen and oxygen atoms in total. The summed E-state index contributed by atoms with van der Waals surface area (Å²) in [5.74, 6) is 0.685. The monoisotopic (exact) mass is 231 g/mol. The second-order valence-electron chi connectivity index (χ2n) is 5.04. The zero-order chi connectivity index (χ0) is 11.5. The first-order valence-electron chi connectivity index (χ1n) is 5.48. The molecule has 1 aliphatic rings. The molecular formula is C11H21NO2S. The highest BCUT2D eigenvalue weighted by Crippen LogP contribution is 2.23. The lowest BCUT2D eigenvalue weighted by atomic mass is 10.1. The maximum atomic E-state index is 11.8. The molecule has 0 bridgehead atoms. The highest BCUT2D eigenvalue weighted by molar-refractivity contribution is 8.01. The Kier molecular flexibility index (Phi) is 4.46. The molecule has 0 spiro atoms. The number of amides is 1. The van der Waals surface area contributed by atoms with Gasteiger partial charge in [0.2, 0.25) is 5.91 Å². The molecular weight excluding hydrogens is 210 g/mol. The number of piperidine rings is 1. The van der Waals surface area contributed by atoms with Gasteiger partial charge in [-0.2, -0.15) is 0 Å². The lowest BCUT2D eigenvalue weighted by molar-refractivity contribution is -0.131. The molecule has 0 radical (unpaired) electrons. The van der Waals surface area contributed by atoms with Crippen molar-refractivity contribution >= 4 is 17.7 Å². The highest BCUT2D eigenvalue weighted by atomic mass is 32.2. The van der Waals surface area contributed by atoms with Crippen molar-refractivity contribution in [3.8, 4) is 0 Å². The molecule has 1 rings (SSSR count). The summed E-state index contributed by atoms with van der Waals surface area (Å²) in [6, 6.07) is 0. The number of thioether (sulfide) groups is 1. The molecule has 88 valence electrons. The summed E-state index contributed by atoms with van der Waals surface area (Å²) >= 11 is 1.66. The van der Waals surface area contributed by atoms with Crippen LogP contribution in [0.25, 0.3) is 0 Å². The number of carbonyl (C=O) groups is 1. The van der Waals surface area contributed by atoms with Gasteiger partial charge in [0.1, 0.15) is 0 Å². The van der Waals surface area contributed by atoms with Crippen molar-refractivity contribution in [1.82, 2.24) is 4.90 Å². The van der Waals surface area contributed by atoms with Gasteiger partial charge in [0.15, 0.2) is 0 Å². The number of aliphatic hydroxyl groups is 1. The normalized spacial score (nSPS) is 22.9. The van der Waals surface area contributed by atoms with Crippen molar-refractivity contribution in [3.05, 3.63) is 0 Å². The van der Waals surface area contributed by atoms with E-state index in [0.29, 0.717) is 12.3 Å². The lowest BCUT2D eigenvalue weighted by Gasteiger charge is -2.30. The third-order valence-corrected chi connectivity index (χ3v) is 3.64. The number of β-amino-alcohol motifs (C(OH)–C–C–N with tert-alkyl or cyclic N) is 1. The van der Waals surface area contributed by atoms with Gasteiger partial charge in [0.05, 0.1) is 11.9 Å². The molecule has 0 aromatic carbocycles. The minimum absolute atomic E-state index is 0.129. The van der Waals surface area contributed by atoms with E-state index in [2.05, 4.69) is 20.8 Å². The maximum absolute atomic E-state index is 11.8. The van der Waals surface area contributed by atoms with Gasteiger partial charge in [-0.3, -0.25) is 4.79 Å². The van der Waals surface area contributed by atoms with Crippen LogP contribution in [-0.4, -0.2) is 45.6 Å². The zero-order valence-electron chi connectivity index (χ0n) is 9.82. The predicted octanol–water partition coefficient (Wildman–Crippen LogP) is 1.50. The van der Waals surface area contributed by atoms with Crippen molar-refractivity contribution in [1.29, 1.82) is 0 Å². The van der Waals surface area contributed by atoms with Gasteiger partial charge in [-0.15, -0.1) is 11.8 Å². The summed E-state index contributed by atoms with van der Waals surface area (Å²) in [7, 11) is 0. The van der Waals surface area contributed by atoms with E-state index in [4.69, 9.17) is 0 Å². The number of likely N-dealkylation sites (tertiary alicyclic amines) is 1. The third-order valence-electron chi connectivity index (χ3n) is 2.38. The summed E-state index contributed by atoms with van der Waals surface area (Å²) in [4.78, 5) is 13.6. The van der Waals surface area contributed by atoms with Crippen molar-refractivity contribution in [2.75, 3.05) is 18.8 Å². The first-order valence-corrected chi connectivity index (χ1v) is 6.47. The number of hydrogen-bond donors (Lipinski definition) is 1. The maximum Gasteiger partial charge on any atom is 0.232 e. The Bertz CT molecular complexity index is 225. The van der Waals surface area contributed by atoms with Crippen molar-refractivity contribution in [3.63, 3.8) is 0 Å². The molecule has 1 atom stereocenters. The van der Waals surface area contributed by atoms with Gasteiger partial charge >= 0.3 is 0 Å². The van der Waals surface area contributed by atoms with Crippen LogP contribution < -0.4 is 0 Å². The van der Waals surface area contributed by atoms with Crippen LogP contribution >= 0.6 is 11.8 Å². The Labute approximate surface area is 96.2 Å². The van der Waals surface area contributed by atoms with E-state index >= 15 is 0 Å². The van der Waals surface area contributed by atoms with Gasteiger partial charge in [-0.25, -0.2) is 0 Å². The van der Waals surface area contributed by atoms with Gasteiger partial charge in [0, 0.05) is 17.8 Å². The molecule has 0 aromatic heterocycles. The fourth-order valence-electron chi connectivity index (χ4n) is 1.55. The van der Waals surface area contributed by atoms with Gasteiger partial charge in [0.25, 0.3) is 0 Å². The Morgan fingerprint density at radius 2 is 2.20 bits per heavy atom. The minimum atomic E-state index is -0.317. The number of aliphatic hydroxyl groups excluding tert-OH is 1. The van der Waals surface area contributed by atoms with E-state index in [-0.39, 0.29) is 16.8 Å². The SMILES string of the molecule is CC(C)(C)SCC(=O)N1CCC[C@H](O)C1. The van der Waals surface area contributed by atoms with Gasteiger partial charge in [-0.1, -0.05) is 20.8 Å². The zero-order valence-corrected chi connectivity index (χ0v) is 10.6. The largest absolute Gasteiger partial charge is 0.391 e. The number of nitrogens with zero attached hydrogens (tertiary/aromatic N) is 1. The molecule has 1 saturated heterocycles. The molecule has 1 fully saturated rings. The molecule has 1 aliphatic heterocycles. The van der Waals surface area contributed by atoms with Crippen molar-refractivity contribution < 1.29 is 9.90 Å². The fraction of sp³-hybridized carbons (Fsp3) is 0.909. The van der Waals surface area contributed by atoms with Gasteiger partial charge in [-0.05, 0) is 12.8 Å². The number of rotatable bonds is 2. The van der Waals surface area contributed by atoms with E-state index in [1.165, 1.54) is 0 Å². The van der Waals surface area contributed by atoms with Crippen LogP contribution in [0.2, 0.25) is 0 Å². The smallest absolute Gasteiger partial charge is 0.232 e. The van der Waals surface area contributed by atoms with Crippen LogP contribution in [-0.2, 0) is 4.79 Å². The van der Waals surface area contributed by atoms with Crippen LogP contribution in [0.5, 0.6) is 0 Å². The Hall–Kier alpha value is -0.220. The first kappa shape index (κ1) is 12.8. The standard InChI is InChI=1S/C11H21NO2S/c1-11(2,3)15-8-10(14)12-6-4-5-9(13)7-12/h9,13H,4-8H2,1-3H3/t9-/m0/s1. The highest BCUT2D eigenvalue weighted by Gasteiger charge is 2.23. The average Bonchev–Trinajstić information content (AvgIpc) is 2.13. The minimum Gasteiger partial charge on any atom is -0.391 e. The van der Waals surface area contributed by atoms with Crippen LogP contribution in [0.1, 0.15) is 33.6 Å². The third kappa shape index (κ3) is 4.89. The Morgan fingerprint density at radius 3 is 2.73 bits per heavy atom. The molecule has 0 saturated carbocycles. The molecule has 15 heavy (non-hydrogen) atoms. The van der Waals surface area contributed by atoms with Crippen LogP contribution in [0, 0.1) is 0 Å². The van der Waals surface area contributed by atoms with Crippen molar-refractivity contribution in [2.45, 2.75) is 44.5 Å². The van der Waals surface area contributed by atoms with E-state index in [1.54, 1.807) is 16.7 Å². The quantitative estimate of drug-likeness (QED) is 0.783. The topological polar surface area (TPSA) is 40.5 Å². The fourth-order valence-corrected chi connectivity index (χ4v) is 2.29. The predicted molar refractivity (Wildman–Crippen MR) is 64.0 cm³/mol. The van der Waals surface area contributed by atoms with E-state index in [1.807, 2.05) is 0 Å². The molecule has 0 unspecified atom stereocenters. The molecule has 0 aliphatic carbocycles. The molecule has 4 heteroatoms. The number of hydrogen-bond acceptors (Lipinski definition) is 3.